The summed E-state index contributed by atoms with van der Waals surface area (Å²) in [7, 11) is 0. The summed E-state index contributed by atoms with van der Waals surface area (Å²) in [5, 5.41) is 9.00. The standard InChI is InChI=1S/C29H40N4O5/c1-20(30-21(2)34)27(36)33-15-11-24-23(19-33)10-6-7-12-29(13-16-38-17-14-29)28(37)32-25(26(35)31-24)18-22-8-4-3-5-9-22/h3-9,20,23-25H,10-19H2,1-2H3,(H,30,34)(H,31,35)(H,32,37)/b7-6+/t20-,23+,24+,25-/m1/s1. The van der Waals surface area contributed by atoms with Gasteiger partial charge in [-0.2, -0.15) is 0 Å². The molecule has 0 unspecified atom stereocenters. The van der Waals surface area contributed by atoms with Gasteiger partial charge in [-0.1, -0.05) is 42.5 Å². The second kappa shape index (κ2) is 12.6. The maximum absolute atomic E-state index is 13.7. The van der Waals surface area contributed by atoms with E-state index in [1.165, 1.54) is 6.92 Å². The fourth-order valence-corrected chi connectivity index (χ4v) is 5.82. The first-order chi connectivity index (χ1) is 18.3. The maximum Gasteiger partial charge on any atom is 0.244 e. The normalized spacial score (nSPS) is 27.5. The van der Waals surface area contributed by atoms with Gasteiger partial charge in [-0.25, -0.2) is 0 Å². The molecule has 1 spiro atoms. The Morgan fingerprint density at radius 1 is 1.13 bits per heavy atom. The van der Waals surface area contributed by atoms with Gasteiger partial charge >= 0.3 is 0 Å². The molecule has 3 N–H and O–H groups in total. The van der Waals surface area contributed by atoms with Crippen LogP contribution < -0.4 is 16.0 Å². The smallest absolute Gasteiger partial charge is 0.244 e. The first-order valence-corrected chi connectivity index (χ1v) is 13.7. The Morgan fingerprint density at radius 3 is 2.58 bits per heavy atom. The summed E-state index contributed by atoms with van der Waals surface area (Å²) in [6.07, 6.45) is 7.66. The molecule has 4 amide bonds. The molecular formula is C29H40N4O5. The van der Waals surface area contributed by atoms with Crippen molar-refractivity contribution >= 4 is 23.6 Å². The van der Waals surface area contributed by atoms with E-state index in [-0.39, 0.29) is 35.6 Å². The van der Waals surface area contributed by atoms with Crippen molar-refractivity contribution in [3.63, 3.8) is 0 Å². The molecule has 0 aliphatic carbocycles. The lowest BCUT2D eigenvalue weighted by Crippen LogP contribution is -2.59. The van der Waals surface area contributed by atoms with Crippen LogP contribution in [-0.4, -0.2) is 73.0 Å². The van der Waals surface area contributed by atoms with Gasteiger partial charge < -0.3 is 25.6 Å². The van der Waals surface area contributed by atoms with Crippen molar-refractivity contribution in [3.8, 4) is 0 Å². The van der Waals surface area contributed by atoms with E-state index in [1.807, 2.05) is 30.3 Å². The minimum atomic E-state index is -0.701. The summed E-state index contributed by atoms with van der Waals surface area (Å²) in [6.45, 7) is 5.12. The average molecular weight is 525 g/mol. The molecule has 2 fully saturated rings. The van der Waals surface area contributed by atoms with Crippen LogP contribution in [0, 0.1) is 11.3 Å². The van der Waals surface area contributed by atoms with E-state index in [9.17, 15) is 19.2 Å². The lowest BCUT2D eigenvalue weighted by Gasteiger charge is -2.41. The summed E-state index contributed by atoms with van der Waals surface area (Å²) >= 11 is 0. The molecule has 9 nitrogen and oxygen atoms in total. The fourth-order valence-electron chi connectivity index (χ4n) is 5.82. The van der Waals surface area contributed by atoms with E-state index in [0.29, 0.717) is 64.8 Å². The molecule has 38 heavy (non-hydrogen) atoms. The molecule has 0 saturated carbocycles. The minimum Gasteiger partial charge on any atom is -0.381 e. The first-order valence-electron chi connectivity index (χ1n) is 13.7. The predicted octanol–water partition coefficient (Wildman–Crippen LogP) is 1.72. The predicted molar refractivity (Wildman–Crippen MR) is 143 cm³/mol. The highest BCUT2D eigenvalue weighted by Crippen LogP contribution is 2.36. The molecule has 0 aromatic heterocycles. The van der Waals surface area contributed by atoms with E-state index >= 15 is 0 Å². The molecule has 2 saturated heterocycles. The summed E-state index contributed by atoms with van der Waals surface area (Å²) in [5.41, 5.74) is 0.371. The van der Waals surface area contributed by atoms with Crippen LogP contribution in [0.25, 0.3) is 0 Å². The highest BCUT2D eigenvalue weighted by molar-refractivity contribution is 5.91. The average Bonchev–Trinajstić information content (AvgIpc) is 2.91. The number of carbonyl (C=O) groups excluding carboxylic acids is 4. The zero-order valence-corrected chi connectivity index (χ0v) is 22.4. The monoisotopic (exact) mass is 524 g/mol. The van der Waals surface area contributed by atoms with Crippen LogP contribution in [0.2, 0.25) is 0 Å². The van der Waals surface area contributed by atoms with Crippen LogP contribution in [0.15, 0.2) is 42.5 Å². The molecule has 1 aromatic rings. The summed E-state index contributed by atoms with van der Waals surface area (Å²) in [6, 6.07) is 8.29. The van der Waals surface area contributed by atoms with Gasteiger partial charge in [0.2, 0.25) is 23.6 Å². The molecule has 1 aromatic carbocycles. The summed E-state index contributed by atoms with van der Waals surface area (Å²) in [4.78, 5) is 53.5. The van der Waals surface area contributed by atoms with Crippen molar-refractivity contribution < 1.29 is 23.9 Å². The van der Waals surface area contributed by atoms with Crippen LogP contribution in [0.5, 0.6) is 0 Å². The second-order valence-corrected chi connectivity index (χ2v) is 10.9. The van der Waals surface area contributed by atoms with Gasteiger partial charge in [-0.15, -0.1) is 0 Å². The van der Waals surface area contributed by atoms with Crippen LogP contribution in [-0.2, 0) is 30.3 Å². The number of hydrogen-bond acceptors (Lipinski definition) is 5. The van der Waals surface area contributed by atoms with Crippen molar-refractivity contribution in [3.05, 3.63) is 48.0 Å². The number of benzene rings is 1. The molecule has 9 heteroatoms. The second-order valence-electron chi connectivity index (χ2n) is 10.9. The third-order valence-corrected chi connectivity index (χ3v) is 8.11. The van der Waals surface area contributed by atoms with E-state index in [0.717, 1.165) is 5.56 Å². The van der Waals surface area contributed by atoms with Crippen molar-refractivity contribution in [2.45, 2.75) is 70.5 Å². The number of likely N-dealkylation sites (tertiary alicyclic amines) is 1. The van der Waals surface area contributed by atoms with Crippen molar-refractivity contribution in [2.75, 3.05) is 26.3 Å². The van der Waals surface area contributed by atoms with Crippen molar-refractivity contribution in [1.29, 1.82) is 0 Å². The van der Waals surface area contributed by atoms with Crippen molar-refractivity contribution in [2.24, 2.45) is 11.3 Å². The quantitative estimate of drug-likeness (QED) is 0.519. The number of amides is 4. The van der Waals surface area contributed by atoms with Gasteiger partial charge in [0.15, 0.2) is 0 Å². The van der Waals surface area contributed by atoms with Gasteiger partial charge in [-0.3, -0.25) is 19.2 Å². The van der Waals surface area contributed by atoms with Crippen LogP contribution in [0.4, 0.5) is 0 Å². The number of rotatable bonds is 4. The number of allylic oxidation sites excluding steroid dienone is 2. The highest BCUT2D eigenvalue weighted by atomic mass is 16.5. The number of piperidine rings is 1. The zero-order chi connectivity index (χ0) is 27.1. The zero-order valence-electron chi connectivity index (χ0n) is 22.4. The third-order valence-electron chi connectivity index (χ3n) is 8.11. The Bertz CT molecular complexity index is 1040. The largest absolute Gasteiger partial charge is 0.381 e. The minimum absolute atomic E-state index is 0.0237. The van der Waals surface area contributed by atoms with Crippen molar-refractivity contribution in [1.82, 2.24) is 20.9 Å². The number of fused-ring (bicyclic) bond motifs is 1. The SMILES string of the molecule is CC(=O)N[C@H](C)C(=O)N1CC[C@@H]2NC(=O)[C@@H](Cc3ccccc3)NC(=O)C3(C/C=C/C[C@H]2C1)CCOCC3. The molecule has 4 atom stereocenters. The number of nitrogens with one attached hydrogen (secondary N) is 3. The van der Waals surface area contributed by atoms with Gasteiger partial charge in [-0.05, 0) is 44.6 Å². The maximum atomic E-state index is 13.7. The summed E-state index contributed by atoms with van der Waals surface area (Å²) in [5.74, 6) is -0.622. The number of carbonyl (C=O) groups is 4. The molecule has 3 aliphatic rings. The molecule has 3 aliphatic heterocycles. The Hall–Kier alpha value is -3.20. The number of hydrogen-bond donors (Lipinski definition) is 3. The third kappa shape index (κ3) is 6.81. The first kappa shape index (κ1) is 27.8. The highest BCUT2D eigenvalue weighted by Gasteiger charge is 2.42. The Morgan fingerprint density at radius 2 is 1.87 bits per heavy atom. The van der Waals surface area contributed by atoms with Gasteiger partial charge in [0.25, 0.3) is 0 Å². The van der Waals surface area contributed by atoms with Crippen LogP contribution >= 0.6 is 0 Å². The van der Waals surface area contributed by atoms with E-state index in [4.69, 9.17) is 4.74 Å². The molecular weight excluding hydrogens is 484 g/mol. The fraction of sp³-hybridized carbons (Fsp3) is 0.586. The topological polar surface area (TPSA) is 117 Å². The molecule has 206 valence electrons. The lowest BCUT2D eigenvalue weighted by molar-refractivity contribution is -0.140. The lowest BCUT2D eigenvalue weighted by atomic mass is 9.75. The van der Waals surface area contributed by atoms with E-state index in [2.05, 4.69) is 28.1 Å². The molecule has 0 bridgehead atoms. The Kier molecular flexibility index (Phi) is 9.20. The molecule has 3 heterocycles. The molecule has 4 rings (SSSR count). The van der Waals surface area contributed by atoms with E-state index < -0.39 is 17.5 Å². The van der Waals surface area contributed by atoms with Crippen LogP contribution in [0.1, 0.15) is 51.5 Å². The van der Waals surface area contributed by atoms with E-state index in [1.54, 1.807) is 11.8 Å². The van der Waals surface area contributed by atoms with Gasteiger partial charge in [0.1, 0.15) is 12.1 Å². The number of nitrogens with zero attached hydrogens (tertiary/aromatic N) is 1. The van der Waals surface area contributed by atoms with Gasteiger partial charge in [0, 0.05) is 51.6 Å². The Labute approximate surface area is 224 Å². The van der Waals surface area contributed by atoms with Gasteiger partial charge in [0.05, 0.1) is 5.41 Å². The summed E-state index contributed by atoms with van der Waals surface area (Å²) < 4.78 is 5.56. The Balaban J connectivity index is 1.57. The number of ether oxygens (including phenoxy) is 1. The van der Waals surface area contributed by atoms with Crippen LogP contribution in [0.3, 0.4) is 0 Å². The molecule has 0 radical (unpaired) electrons.